The van der Waals surface area contributed by atoms with Crippen LogP contribution in [0.1, 0.15) is 23.7 Å². The van der Waals surface area contributed by atoms with Gasteiger partial charge in [-0.2, -0.15) is 0 Å². The van der Waals surface area contributed by atoms with Gasteiger partial charge in [-0.15, -0.1) is 0 Å². The van der Waals surface area contributed by atoms with E-state index < -0.39 is 0 Å². The predicted octanol–water partition coefficient (Wildman–Crippen LogP) is -0.259. The van der Waals surface area contributed by atoms with Crippen LogP contribution in [0.25, 0.3) is 0 Å². The minimum atomic E-state index is 0.103. The number of H-pyrrole nitrogens is 1. The minimum Gasteiger partial charge on any atom is -0.370 e. The van der Waals surface area contributed by atoms with E-state index in [0.29, 0.717) is 19.3 Å². The van der Waals surface area contributed by atoms with E-state index in [0.717, 1.165) is 30.8 Å². The molecule has 0 spiro atoms. The van der Waals surface area contributed by atoms with Gasteiger partial charge in [0.2, 0.25) is 0 Å². The number of rotatable bonds is 1. The molecule has 3 heterocycles. The normalized spacial score (nSPS) is 25.6. The summed E-state index contributed by atoms with van der Waals surface area (Å²) in [7, 11) is 0. The van der Waals surface area contributed by atoms with Gasteiger partial charge in [-0.1, -0.05) is 0 Å². The topological polar surface area (TPSA) is 59.0 Å². The van der Waals surface area contributed by atoms with Crippen LogP contribution in [-0.4, -0.2) is 22.9 Å². The van der Waals surface area contributed by atoms with Crippen LogP contribution < -0.4 is 10.9 Å². The van der Waals surface area contributed by atoms with Crippen molar-refractivity contribution < 1.29 is 4.74 Å². The zero-order chi connectivity index (χ0) is 9.54. The summed E-state index contributed by atoms with van der Waals surface area (Å²) in [5.74, 6) is 0. The molecule has 76 valence electrons. The molecule has 0 aromatic carbocycles. The van der Waals surface area contributed by atoms with Crippen LogP contribution in [0.5, 0.6) is 0 Å². The minimum absolute atomic E-state index is 0.103. The Bertz CT molecular complexity index is 401. The molecule has 14 heavy (non-hydrogen) atoms. The van der Waals surface area contributed by atoms with Crippen LogP contribution in [0.2, 0.25) is 0 Å². The van der Waals surface area contributed by atoms with Gasteiger partial charge in [-0.25, -0.2) is 4.68 Å². The van der Waals surface area contributed by atoms with Crippen LogP contribution >= 0.6 is 0 Å². The van der Waals surface area contributed by atoms with Gasteiger partial charge in [-0.3, -0.25) is 9.89 Å². The molecule has 0 radical (unpaired) electrons. The Balaban J connectivity index is 2.02. The van der Waals surface area contributed by atoms with Gasteiger partial charge in [0.25, 0.3) is 5.56 Å². The van der Waals surface area contributed by atoms with Gasteiger partial charge < -0.3 is 10.1 Å². The number of ether oxygens (including phenoxy) is 1. The van der Waals surface area contributed by atoms with E-state index in [2.05, 4.69) is 10.4 Å². The van der Waals surface area contributed by atoms with Crippen molar-refractivity contribution in [2.24, 2.45) is 0 Å². The summed E-state index contributed by atoms with van der Waals surface area (Å²) in [6.07, 6.45) is 1.03. The Kier molecular flexibility index (Phi) is 1.75. The van der Waals surface area contributed by atoms with E-state index in [9.17, 15) is 4.79 Å². The average Bonchev–Trinajstić information content (AvgIpc) is 2.84. The number of nitrogens with zero attached hydrogens (tertiary/aromatic N) is 1. The Morgan fingerprint density at radius 3 is 3.07 bits per heavy atom. The van der Waals surface area contributed by atoms with Crippen LogP contribution in [0.3, 0.4) is 0 Å². The highest BCUT2D eigenvalue weighted by Crippen LogP contribution is 2.17. The zero-order valence-electron chi connectivity index (χ0n) is 7.88. The maximum atomic E-state index is 11.9. The molecule has 5 heteroatoms. The second kappa shape index (κ2) is 2.96. The SMILES string of the molecule is O=c1c2c([nH]n1C1CCNC1)COC2. The van der Waals surface area contributed by atoms with Gasteiger partial charge in [0.15, 0.2) is 0 Å². The molecule has 0 amide bonds. The summed E-state index contributed by atoms with van der Waals surface area (Å²) in [6, 6.07) is 0.299. The van der Waals surface area contributed by atoms with Crippen LogP contribution in [0.4, 0.5) is 0 Å². The van der Waals surface area contributed by atoms with Crippen molar-refractivity contribution >= 4 is 0 Å². The number of nitrogens with one attached hydrogen (secondary N) is 2. The fraction of sp³-hybridized carbons (Fsp3) is 0.667. The van der Waals surface area contributed by atoms with Crippen molar-refractivity contribution in [3.8, 4) is 0 Å². The fourth-order valence-electron chi connectivity index (χ4n) is 2.18. The van der Waals surface area contributed by atoms with Crippen LogP contribution in [0.15, 0.2) is 4.79 Å². The Hall–Kier alpha value is -1.07. The quantitative estimate of drug-likeness (QED) is 0.649. The van der Waals surface area contributed by atoms with E-state index in [1.54, 1.807) is 4.68 Å². The molecule has 5 nitrogen and oxygen atoms in total. The van der Waals surface area contributed by atoms with Crippen LogP contribution in [0, 0.1) is 0 Å². The van der Waals surface area contributed by atoms with Crippen molar-refractivity contribution in [3.05, 3.63) is 21.6 Å². The first kappa shape index (κ1) is 8.26. The highest BCUT2D eigenvalue weighted by molar-refractivity contribution is 5.19. The number of fused-ring (bicyclic) bond motifs is 1. The maximum absolute atomic E-state index is 11.9. The van der Waals surface area contributed by atoms with Gasteiger partial charge in [0.1, 0.15) is 0 Å². The standard InChI is InChI=1S/C9H13N3O2/c13-9-7-4-14-5-8(7)11-12(9)6-1-2-10-3-6/h6,10-11H,1-5H2. The van der Waals surface area contributed by atoms with E-state index in [1.165, 1.54) is 0 Å². The molecule has 2 N–H and O–H groups in total. The van der Waals surface area contributed by atoms with Crippen LogP contribution in [-0.2, 0) is 18.0 Å². The first-order chi connectivity index (χ1) is 6.86. The highest BCUT2D eigenvalue weighted by atomic mass is 16.5. The molecule has 1 aromatic rings. The summed E-state index contributed by atoms with van der Waals surface area (Å²) in [6.45, 7) is 2.91. The van der Waals surface area contributed by atoms with Crippen molar-refractivity contribution in [3.63, 3.8) is 0 Å². The second-order valence-corrected chi connectivity index (χ2v) is 3.88. The molecule has 3 rings (SSSR count). The Morgan fingerprint density at radius 2 is 2.36 bits per heavy atom. The van der Waals surface area contributed by atoms with E-state index in [4.69, 9.17) is 4.74 Å². The summed E-state index contributed by atoms with van der Waals surface area (Å²) < 4.78 is 6.95. The predicted molar refractivity (Wildman–Crippen MR) is 50.1 cm³/mol. The second-order valence-electron chi connectivity index (χ2n) is 3.88. The molecule has 0 bridgehead atoms. The van der Waals surface area contributed by atoms with Gasteiger partial charge in [0, 0.05) is 6.54 Å². The van der Waals surface area contributed by atoms with E-state index >= 15 is 0 Å². The maximum Gasteiger partial charge on any atom is 0.272 e. The lowest BCUT2D eigenvalue weighted by atomic mass is 10.2. The van der Waals surface area contributed by atoms with Crippen molar-refractivity contribution in [2.75, 3.05) is 13.1 Å². The molecule has 2 aliphatic rings. The van der Waals surface area contributed by atoms with Crippen molar-refractivity contribution in [1.29, 1.82) is 0 Å². The smallest absolute Gasteiger partial charge is 0.272 e. The molecule has 0 aliphatic carbocycles. The average molecular weight is 195 g/mol. The molecular formula is C9H13N3O2. The Labute approximate surface area is 81.0 Å². The number of hydrogen-bond acceptors (Lipinski definition) is 3. The molecule has 0 saturated carbocycles. The monoisotopic (exact) mass is 195 g/mol. The number of aromatic nitrogens is 2. The van der Waals surface area contributed by atoms with Crippen molar-refractivity contribution in [2.45, 2.75) is 25.7 Å². The van der Waals surface area contributed by atoms with Gasteiger partial charge in [-0.05, 0) is 13.0 Å². The molecule has 2 aliphatic heterocycles. The van der Waals surface area contributed by atoms with E-state index in [1.807, 2.05) is 0 Å². The van der Waals surface area contributed by atoms with Gasteiger partial charge >= 0.3 is 0 Å². The molecule has 1 fully saturated rings. The molecule has 1 unspecified atom stereocenters. The van der Waals surface area contributed by atoms with Gasteiger partial charge in [0.05, 0.1) is 30.5 Å². The molecule has 1 aromatic heterocycles. The Morgan fingerprint density at radius 1 is 1.43 bits per heavy atom. The summed E-state index contributed by atoms with van der Waals surface area (Å²) in [4.78, 5) is 11.9. The summed E-state index contributed by atoms with van der Waals surface area (Å²) >= 11 is 0. The summed E-state index contributed by atoms with van der Waals surface area (Å²) in [5.41, 5.74) is 1.88. The third-order valence-electron chi connectivity index (χ3n) is 2.99. The molecule has 1 atom stereocenters. The number of hydrogen-bond donors (Lipinski definition) is 2. The largest absolute Gasteiger partial charge is 0.370 e. The zero-order valence-corrected chi connectivity index (χ0v) is 7.88. The van der Waals surface area contributed by atoms with Crippen molar-refractivity contribution in [1.82, 2.24) is 15.1 Å². The lowest BCUT2D eigenvalue weighted by Gasteiger charge is -2.09. The first-order valence-electron chi connectivity index (χ1n) is 4.97. The summed E-state index contributed by atoms with van der Waals surface area (Å²) in [5, 5.41) is 6.39. The third-order valence-corrected chi connectivity index (χ3v) is 2.99. The highest BCUT2D eigenvalue weighted by Gasteiger charge is 2.25. The molecular weight excluding hydrogens is 182 g/mol. The first-order valence-corrected chi connectivity index (χ1v) is 4.97. The molecule has 1 saturated heterocycles. The lowest BCUT2D eigenvalue weighted by Crippen LogP contribution is -2.25. The number of aromatic amines is 1. The van der Waals surface area contributed by atoms with E-state index in [-0.39, 0.29) is 5.56 Å². The lowest BCUT2D eigenvalue weighted by molar-refractivity contribution is 0.129. The third kappa shape index (κ3) is 1.06. The fourth-order valence-corrected chi connectivity index (χ4v) is 2.18.